The zero-order chi connectivity index (χ0) is 30.2. The molecule has 0 aliphatic carbocycles. The third-order valence-electron chi connectivity index (χ3n) is 6.45. The smallest absolute Gasteiger partial charge is 0.340 e. The molecule has 11 nitrogen and oxygen atoms in total. The summed E-state index contributed by atoms with van der Waals surface area (Å²) < 4.78 is 61.9. The fourth-order valence-corrected chi connectivity index (χ4v) is 9.36. The molecule has 0 spiro atoms. The van der Waals surface area contributed by atoms with Gasteiger partial charge in [-0.3, -0.25) is 14.1 Å². The van der Waals surface area contributed by atoms with Crippen LogP contribution in [0, 0.1) is 6.92 Å². The van der Waals surface area contributed by atoms with Gasteiger partial charge in [-0.15, -0.1) is 0 Å². The third kappa shape index (κ3) is 7.78. The number of fused-ring (bicyclic) bond motifs is 1. The first-order valence-corrected chi connectivity index (χ1v) is 17.5. The van der Waals surface area contributed by atoms with Crippen LogP contribution in [0.3, 0.4) is 0 Å². The molecule has 0 aliphatic rings. The van der Waals surface area contributed by atoms with Gasteiger partial charge in [0.15, 0.2) is 0 Å². The van der Waals surface area contributed by atoms with Gasteiger partial charge < -0.3 is 32.2 Å². The number of H-pyrrole nitrogens is 1. The lowest BCUT2D eigenvalue weighted by atomic mass is 10.2. The lowest BCUT2D eigenvalue weighted by Gasteiger charge is -2.28. The number of oxazole rings is 1. The van der Waals surface area contributed by atoms with Gasteiger partial charge in [0.25, 0.3) is 0 Å². The van der Waals surface area contributed by atoms with Gasteiger partial charge in [0, 0.05) is 41.7 Å². The summed E-state index contributed by atoms with van der Waals surface area (Å²) >= 11 is 0. The monoisotopic (exact) mass is 619 g/mol. The number of hydrogen-bond donors (Lipinski definition) is 1. The van der Waals surface area contributed by atoms with Crippen molar-refractivity contribution in [2.24, 2.45) is 0 Å². The summed E-state index contributed by atoms with van der Waals surface area (Å²) in [5.41, 5.74) is 2.09. The molecule has 0 amide bonds. The van der Waals surface area contributed by atoms with Crippen LogP contribution in [0.15, 0.2) is 53.2 Å². The van der Waals surface area contributed by atoms with Crippen LogP contribution < -0.4 is 4.74 Å². The molecule has 42 heavy (non-hydrogen) atoms. The Hall–Kier alpha value is -2.78. The number of pyridine rings is 1. The number of aromatic nitrogens is 3. The van der Waals surface area contributed by atoms with Crippen LogP contribution >= 0.6 is 15.2 Å². The van der Waals surface area contributed by atoms with Gasteiger partial charge in [0.05, 0.1) is 44.9 Å². The van der Waals surface area contributed by atoms with Crippen molar-refractivity contribution in [2.75, 3.05) is 39.2 Å². The number of ether oxygens (including phenoxy) is 1. The van der Waals surface area contributed by atoms with Crippen molar-refractivity contribution in [1.82, 2.24) is 15.0 Å². The van der Waals surface area contributed by atoms with Crippen molar-refractivity contribution in [3.8, 4) is 17.2 Å². The average molecular weight is 620 g/mol. The second-order valence-electron chi connectivity index (χ2n) is 9.35. The summed E-state index contributed by atoms with van der Waals surface area (Å²) in [6, 6.07) is 11.2. The van der Waals surface area contributed by atoms with Gasteiger partial charge >= 0.3 is 15.2 Å². The van der Waals surface area contributed by atoms with E-state index in [1.807, 2.05) is 43.3 Å². The van der Waals surface area contributed by atoms with E-state index in [1.54, 1.807) is 40.1 Å². The molecule has 4 rings (SSSR count). The standard InChI is InChI=1S/C29H39N3O8P2/c1-6-36-41(33,37-7-2)20-28(42(34,38-8-3)39-9-4)27-18-23-10-11-24(19-26(23)31-27)35-17-14-25-21(5)40-29(32-25)22-12-15-30-16-13-22/h10-13,15-16,18-19,28,31H,6-9,14,17,20H2,1-5H3. The number of aryl methyl sites for hydroxylation is 1. The molecule has 3 heterocycles. The number of nitrogens with one attached hydrogen (secondary N) is 1. The Morgan fingerprint density at radius 1 is 0.905 bits per heavy atom. The number of rotatable bonds is 17. The van der Waals surface area contributed by atoms with Gasteiger partial charge in [-0.05, 0) is 70.3 Å². The molecule has 228 valence electrons. The van der Waals surface area contributed by atoms with E-state index >= 15 is 0 Å². The van der Waals surface area contributed by atoms with Crippen molar-refractivity contribution in [2.45, 2.75) is 46.7 Å². The molecule has 1 N–H and O–H groups in total. The molecular weight excluding hydrogens is 580 g/mol. The Labute approximate surface area is 246 Å². The van der Waals surface area contributed by atoms with Gasteiger partial charge in [-0.25, -0.2) is 4.98 Å². The number of hydrogen-bond acceptors (Lipinski definition) is 10. The predicted octanol–water partition coefficient (Wildman–Crippen LogP) is 7.72. The van der Waals surface area contributed by atoms with Crippen LogP contribution in [0.1, 0.15) is 50.5 Å². The van der Waals surface area contributed by atoms with Gasteiger partial charge in [-0.2, -0.15) is 0 Å². The first-order chi connectivity index (χ1) is 20.2. The second-order valence-corrected chi connectivity index (χ2v) is 13.7. The highest BCUT2D eigenvalue weighted by molar-refractivity contribution is 7.58. The normalized spacial score (nSPS) is 13.1. The molecule has 0 radical (unpaired) electrons. The van der Waals surface area contributed by atoms with E-state index in [0.717, 1.165) is 27.9 Å². The molecule has 13 heteroatoms. The fourth-order valence-electron chi connectivity index (χ4n) is 4.64. The second kappa shape index (κ2) is 14.6. The van der Waals surface area contributed by atoms with E-state index < -0.39 is 20.9 Å². The fraction of sp³-hybridized carbons (Fsp3) is 0.448. The van der Waals surface area contributed by atoms with Crippen molar-refractivity contribution in [3.05, 3.63) is 65.9 Å². The van der Waals surface area contributed by atoms with E-state index in [9.17, 15) is 9.13 Å². The molecule has 0 bridgehead atoms. The van der Waals surface area contributed by atoms with Crippen LogP contribution in [0.2, 0.25) is 0 Å². The summed E-state index contributed by atoms with van der Waals surface area (Å²) in [6.45, 7) is 9.91. The topological polar surface area (TPSA) is 135 Å². The van der Waals surface area contributed by atoms with Gasteiger partial charge in [0.1, 0.15) is 17.2 Å². The van der Waals surface area contributed by atoms with Crippen molar-refractivity contribution in [3.63, 3.8) is 0 Å². The van der Waals surface area contributed by atoms with Crippen LogP contribution in [0.25, 0.3) is 22.4 Å². The first-order valence-electron chi connectivity index (χ1n) is 14.1. The maximum atomic E-state index is 14.0. The minimum absolute atomic E-state index is 0.161. The third-order valence-corrected chi connectivity index (χ3v) is 11.3. The lowest BCUT2D eigenvalue weighted by Crippen LogP contribution is -2.14. The minimum atomic E-state index is -3.75. The molecule has 3 aromatic heterocycles. The van der Waals surface area contributed by atoms with Gasteiger partial charge in [0.2, 0.25) is 5.89 Å². The summed E-state index contributed by atoms with van der Waals surface area (Å²) in [5.74, 6) is 1.94. The zero-order valence-electron chi connectivity index (χ0n) is 24.7. The molecule has 1 atom stereocenters. The Bertz CT molecular complexity index is 1520. The summed E-state index contributed by atoms with van der Waals surface area (Å²) in [5, 5.41) is 0.860. The van der Waals surface area contributed by atoms with E-state index in [2.05, 4.69) is 15.0 Å². The summed E-state index contributed by atoms with van der Waals surface area (Å²) in [4.78, 5) is 12.0. The Morgan fingerprint density at radius 3 is 2.21 bits per heavy atom. The number of nitrogens with zero attached hydrogens (tertiary/aromatic N) is 2. The van der Waals surface area contributed by atoms with E-state index in [1.165, 1.54) is 0 Å². The van der Waals surface area contributed by atoms with Crippen LogP contribution in [0.5, 0.6) is 5.75 Å². The highest BCUT2D eigenvalue weighted by Crippen LogP contribution is 2.66. The number of aromatic amines is 1. The van der Waals surface area contributed by atoms with Crippen molar-refractivity contribution < 1.29 is 36.4 Å². The maximum absolute atomic E-state index is 14.0. The summed E-state index contributed by atoms with van der Waals surface area (Å²) in [7, 11) is -7.35. The van der Waals surface area contributed by atoms with Crippen LogP contribution in [-0.2, 0) is 33.6 Å². The molecule has 0 saturated carbocycles. The van der Waals surface area contributed by atoms with Crippen molar-refractivity contribution in [1.29, 1.82) is 0 Å². The Morgan fingerprint density at radius 2 is 1.57 bits per heavy atom. The van der Waals surface area contributed by atoms with Crippen LogP contribution in [0.4, 0.5) is 0 Å². The lowest BCUT2D eigenvalue weighted by molar-refractivity contribution is 0.203. The minimum Gasteiger partial charge on any atom is -0.493 e. The Kier molecular flexibility index (Phi) is 11.2. The SMILES string of the molecule is CCOP(=O)(CC(c1cc2ccc(OCCc3nc(-c4ccncc4)oc3C)cc2[nH]1)P(=O)(OCC)OCC)OCC. The number of benzene rings is 1. The first kappa shape index (κ1) is 32.1. The van der Waals surface area contributed by atoms with E-state index in [-0.39, 0.29) is 32.6 Å². The molecule has 0 fully saturated rings. The van der Waals surface area contributed by atoms with E-state index in [4.69, 9.17) is 27.2 Å². The van der Waals surface area contributed by atoms with E-state index in [0.29, 0.717) is 30.4 Å². The molecular formula is C29H39N3O8P2. The zero-order valence-corrected chi connectivity index (χ0v) is 26.5. The van der Waals surface area contributed by atoms with Gasteiger partial charge in [-0.1, -0.05) is 0 Å². The Balaban J connectivity index is 1.54. The molecule has 0 saturated heterocycles. The molecule has 4 aromatic rings. The summed E-state index contributed by atoms with van der Waals surface area (Å²) in [6.07, 6.45) is 3.79. The molecule has 1 unspecified atom stereocenters. The average Bonchev–Trinajstić information content (AvgIpc) is 3.55. The van der Waals surface area contributed by atoms with Crippen molar-refractivity contribution >= 4 is 26.1 Å². The highest BCUT2D eigenvalue weighted by atomic mass is 31.2. The largest absolute Gasteiger partial charge is 0.493 e. The van der Waals surface area contributed by atoms with Crippen LogP contribution in [-0.4, -0.2) is 54.1 Å². The molecule has 1 aromatic carbocycles. The highest BCUT2D eigenvalue weighted by Gasteiger charge is 2.44. The maximum Gasteiger partial charge on any atom is 0.340 e. The quantitative estimate of drug-likeness (QED) is 0.117. The predicted molar refractivity (Wildman–Crippen MR) is 161 cm³/mol. The molecule has 0 aliphatic heterocycles.